The Kier molecular flexibility index (Phi) is 12.2. The quantitative estimate of drug-likeness (QED) is 0.185. The molecule has 2 rings (SSSR count). The molecule has 2 fully saturated rings. The fourth-order valence-electron chi connectivity index (χ4n) is 2.58. The van der Waals surface area contributed by atoms with Crippen molar-refractivity contribution < 1.29 is 14.3 Å². The van der Waals surface area contributed by atoms with E-state index in [9.17, 15) is 4.79 Å². The maximum Gasteiger partial charge on any atom is 0.220 e. The molecule has 0 aromatic rings. The first-order chi connectivity index (χ1) is 11.8. The molecule has 3 N–H and O–H groups in total. The number of guanidine groups is 1. The highest BCUT2D eigenvalue weighted by Crippen LogP contribution is 2.18. The summed E-state index contributed by atoms with van der Waals surface area (Å²) in [5.74, 6) is 0.933. The molecule has 0 radical (unpaired) electrons. The third-order valence-corrected chi connectivity index (χ3v) is 4.12. The van der Waals surface area contributed by atoms with Gasteiger partial charge in [-0.2, -0.15) is 0 Å². The molecular formula is C17H33IN4O3. The molecule has 8 heteroatoms. The molecule has 1 unspecified atom stereocenters. The van der Waals surface area contributed by atoms with Crippen molar-refractivity contribution in [1.29, 1.82) is 0 Å². The zero-order chi connectivity index (χ0) is 17.0. The first-order valence-electron chi connectivity index (χ1n) is 9.21. The standard InChI is InChI=1S/C17H32N4O3.HI/c1-18-17(19-9-2-6-16(22)21-14-7-8-14)20-10-4-11-23-13-15-5-3-12-24-15;/h14-15H,2-13H2,1H3,(H,21,22)(H2,18,19,20);1H. The van der Waals surface area contributed by atoms with E-state index in [0.717, 1.165) is 70.8 Å². The van der Waals surface area contributed by atoms with E-state index < -0.39 is 0 Å². The Hall–Kier alpha value is -0.610. The average Bonchev–Trinajstić information content (AvgIpc) is 3.23. The van der Waals surface area contributed by atoms with E-state index in [1.165, 1.54) is 0 Å². The Morgan fingerprint density at radius 3 is 2.60 bits per heavy atom. The van der Waals surface area contributed by atoms with Crippen molar-refractivity contribution >= 4 is 35.8 Å². The molecule has 0 bridgehead atoms. The summed E-state index contributed by atoms with van der Waals surface area (Å²) in [4.78, 5) is 15.7. The average molecular weight is 468 g/mol. The summed E-state index contributed by atoms with van der Waals surface area (Å²) in [6.45, 7) is 3.86. The van der Waals surface area contributed by atoms with Crippen molar-refractivity contribution in [2.75, 3.05) is 40.0 Å². The van der Waals surface area contributed by atoms with E-state index in [2.05, 4.69) is 20.9 Å². The highest BCUT2D eigenvalue weighted by Gasteiger charge is 2.22. The second kappa shape index (κ2) is 13.6. The van der Waals surface area contributed by atoms with Gasteiger partial charge in [-0.25, -0.2) is 0 Å². The number of nitrogens with one attached hydrogen (secondary N) is 3. The van der Waals surface area contributed by atoms with Crippen LogP contribution >= 0.6 is 24.0 Å². The van der Waals surface area contributed by atoms with Crippen LogP contribution in [0.4, 0.5) is 0 Å². The van der Waals surface area contributed by atoms with Crippen LogP contribution in [0, 0.1) is 0 Å². The van der Waals surface area contributed by atoms with Gasteiger partial charge in [-0.1, -0.05) is 0 Å². The second-order valence-corrected chi connectivity index (χ2v) is 6.43. The monoisotopic (exact) mass is 468 g/mol. The molecule has 0 aromatic heterocycles. The second-order valence-electron chi connectivity index (χ2n) is 6.43. The van der Waals surface area contributed by atoms with Crippen LogP contribution in [0.2, 0.25) is 0 Å². The molecule has 146 valence electrons. The SMILES string of the molecule is CN=C(NCCCOCC1CCCO1)NCCCC(=O)NC1CC1.I. The highest BCUT2D eigenvalue weighted by molar-refractivity contribution is 14.0. The van der Waals surface area contributed by atoms with Crippen molar-refractivity contribution in [3.8, 4) is 0 Å². The molecule has 7 nitrogen and oxygen atoms in total. The maximum atomic E-state index is 11.6. The molecule has 1 saturated carbocycles. The van der Waals surface area contributed by atoms with Crippen LogP contribution in [-0.4, -0.2) is 64.0 Å². The van der Waals surface area contributed by atoms with Gasteiger partial charge < -0.3 is 25.4 Å². The number of rotatable bonds is 11. The van der Waals surface area contributed by atoms with Crippen LogP contribution in [0.15, 0.2) is 4.99 Å². The highest BCUT2D eigenvalue weighted by atomic mass is 127. The van der Waals surface area contributed by atoms with Crippen LogP contribution in [0.3, 0.4) is 0 Å². The number of hydrogen-bond donors (Lipinski definition) is 3. The molecule has 25 heavy (non-hydrogen) atoms. The maximum absolute atomic E-state index is 11.6. The van der Waals surface area contributed by atoms with Crippen molar-refractivity contribution in [3.63, 3.8) is 0 Å². The summed E-state index contributed by atoms with van der Waals surface area (Å²) in [6.07, 6.45) is 7.14. The number of aliphatic imine (C=N–C) groups is 1. The Bertz CT molecular complexity index is 399. The number of carbonyl (C=O) groups is 1. The van der Waals surface area contributed by atoms with E-state index in [-0.39, 0.29) is 29.9 Å². The van der Waals surface area contributed by atoms with Crippen LogP contribution in [0.25, 0.3) is 0 Å². The predicted molar refractivity (Wildman–Crippen MR) is 110 cm³/mol. The van der Waals surface area contributed by atoms with Crippen molar-refractivity contribution in [2.24, 2.45) is 4.99 Å². The molecule has 2 aliphatic rings. The first-order valence-corrected chi connectivity index (χ1v) is 9.21. The minimum absolute atomic E-state index is 0. The van der Waals surface area contributed by atoms with Gasteiger partial charge in [-0.3, -0.25) is 9.79 Å². The van der Waals surface area contributed by atoms with Gasteiger partial charge in [-0.05, 0) is 38.5 Å². The lowest BCUT2D eigenvalue weighted by atomic mass is 10.2. The zero-order valence-corrected chi connectivity index (χ0v) is 17.6. The van der Waals surface area contributed by atoms with Crippen molar-refractivity contribution in [2.45, 2.75) is 57.1 Å². The number of nitrogens with zero attached hydrogens (tertiary/aromatic N) is 1. The first kappa shape index (κ1) is 22.4. The van der Waals surface area contributed by atoms with E-state index in [1.54, 1.807) is 7.05 Å². The van der Waals surface area contributed by atoms with Crippen molar-refractivity contribution in [1.82, 2.24) is 16.0 Å². The van der Waals surface area contributed by atoms with Gasteiger partial charge in [-0.15, -0.1) is 24.0 Å². The van der Waals surface area contributed by atoms with Gasteiger partial charge in [0.05, 0.1) is 12.7 Å². The molecular weight excluding hydrogens is 435 g/mol. The minimum atomic E-state index is 0. The van der Waals surface area contributed by atoms with Gasteiger partial charge in [0.1, 0.15) is 0 Å². The van der Waals surface area contributed by atoms with Gasteiger partial charge in [0.2, 0.25) is 5.91 Å². The lowest BCUT2D eigenvalue weighted by molar-refractivity contribution is -0.121. The van der Waals surface area contributed by atoms with Gasteiger partial charge in [0, 0.05) is 45.8 Å². The van der Waals surface area contributed by atoms with Crippen LogP contribution < -0.4 is 16.0 Å². The molecule has 1 aliphatic heterocycles. The van der Waals surface area contributed by atoms with Crippen LogP contribution in [0.1, 0.15) is 44.9 Å². The molecule has 0 spiro atoms. The van der Waals surface area contributed by atoms with Crippen molar-refractivity contribution in [3.05, 3.63) is 0 Å². The minimum Gasteiger partial charge on any atom is -0.379 e. The smallest absolute Gasteiger partial charge is 0.220 e. The Morgan fingerprint density at radius 2 is 1.96 bits per heavy atom. The largest absolute Gasteiger partial charge is 0.379 e. The lowest BCUT2D eigenvalue weighted by Crippen LogP contribution is -2.38. The van der Waals surface area contributed by atoms with Crippen LogP contribution in [-0.2, 0) is 14.3 Å². The summed E-state index contributed by atoms with van der Waals surface area (Å²) in [6, 6.07) is 0.447. The van der Waals surface area contributed by atoms with E-state index in [4.69, 9.17) is 9.47 Å². The zero-order valence-electron chi connectivity index (χ0n) is 15.2. The molecule has 1 aliphatic carbocycles. The summed E-state index contributed by atoms with van der Waals surface area (Å²) in [5.41, 5.74) is 0. The van der Waals surface area contributed by atoms with Gasteiger partial charge in [0.25, 0.3) is 0 Å². The van der Waals surface area contributed by atoms with E-state index in [1.807, 2.05) is 0 Å². The van der Waals surface area contributed by atoms with Gasteiger partial charge in [0.15, 0.2) is 5.96 Å². The summed E-state index contributed by atoms with van der Waals surface area (Å²) in [5, 5.41) is 9.48. The lowest BCUT2D eigenvalue weighted by Gasteiger charge is -2.13. The molecule has 1 amide bonds. The molecule has 1 saturated heterocycles. The van der Waals surface area contributed by atoms with E-state index in [0.29, 0.717) is 25.2 Å². The van der Waals surface area contributed by atoms with Crippen LogP contribution in [0.5, 0.6) is 0 Å². The van der Waals surface area contributed by atoms with Gasteiger partial charge >= 0.3 is 0 Å². The topological polar surface area (TPSA) is 84.0 Å². The van der Waals surface area contributed by atoms with E-state index >= 15 is 0 Å². The predicted octanol–water partition coefficient (Wildman–Crippen LogP) is 1.41. The Balaban J connectivity index is 0.00000312. The Morgan fingerprint density at radius 1 is 1.20 bits per heavy atom. The number of amides is 1. The fraction of sp³-hybridized carbons (Fsp3) is 0.882. The number of halogens is 1. The molecule has 1 atom stereocenters. The third-order valence-electron chi connectivity index (χ3n) is 4.12. The normalized spacial score (nSPS) is 20.0. The fourth-order valence-corrected chi connectivity index (χ4v) is 2.58. The number of ether oxygens (including phenoxy) is 2. The molecule has 1 heterocycles. The molecule has 0 aromatic carbocycles. The third kappa shape index (κ3) is 10.9. The summed E-state index contributed by atoms with van der Waals surface area (Å²) in [7, 11) is 1.75. The number of carbonyl (C=O) groups excluding carboxylic acids is 1. The summed E-state index contributed by atoms with van der Waals surface area (Å²) < 4.78 is 11.1. The Labute approximate surface area is 168 Å². The summed E-state index contributed by atoms with van der Waals surface area (Å²) >= 11 is 0. The number of hydrogen-bond acceptors (Lipinski definition) is 4.